The minimum atomic E-state index is -1.55. The van der Waals surface area contributed by atoms with Gasteiger partial charge in [0.05, 0.1) is 22.2 Å². The molecule has 0 spiro atoms. The zero-order chi connectivity index (χ0) is 24.0. The Labute approximate surface area is 204 Å². The number of aliphatic hydroxyl groups is 1. The summed E-state index contributed by atoms with van der Waals surface area (Å²) in [4.78, 5) is 15.1. The number of hydrogen-bond donors (Lipinski definition) is 2. The Bertz CT molecular complexity index is 1190. The highest BCUT2D eigenvalue weighted by atomic mass is 35.5. The Morgan fingerprint density at radius 2 is 1.97 bits per heavy atom. The number of carbonyl (C=O) groups excluding carboxylic acids is 1. The largest absolute Gasteiger partial charge is 0.379 e. The van der Waals surface area contributed by atoms with Crippen molar-refractivity contribution in [3.8, 4) is 12.1 Å². The quantitative estimate of drug-likeness (QED) is 0.678. The lowest BCUT2D eigenvalue weighted by molar-refractivity contribution is -0.134. The second kappa shape index (κ2) is 8.71. The van der Waals surface area contributed by atoms with Crippen molar-refractivity contribution in [1.82, 2.24) is 4.90 Å². The summed E-state index contributed by atoms with van der Waals surface area (Å²) in [7, 11) is 0. The fourth-order valence-corrected chi connectivity index (χ4v) is 6.54. The molecule has 2 heterocycles. The van der Waals surface area contributed by atoms with Gasteiger partial charge in [0.2, 0.25) is 0 Å². The van der Waals surface area contributed by atoms with Gasteiger partial charge in [0, 0.05) is 18.8 Å². The molecule has 2 saturated carbocycles. The summed E-state index contributed by atoms with van der Waals surface area (Å²) in [5, 5.41) is 32.1. The molecule has 2 N–H and O–H groups in total. The summed E-state index contributed by atoms with van der Waals surface area (Å²) in [6.45, 7) is 3.56. The second-order valence-electron chi connectivity index (χ2n) is 10.2. The fourth-order valence-electron chi connectivity index (χ4n) is 6.32. The predicted octanol–water partition coefficient (Wildman–Crippen LogP) is 4.14. The van der Waals surface area contributed by atoms with Gasteiger partial charge >= 0.3 is 0 Å². The van der Waals surface area contributed by atoms with Gasteiger partial charge in [0.25, 0.3) is 5.91 Å². The third kappa shape index (κ3) is 4.18. The van der Waals surface area contributed by atoms with Gasteiger partial charge < -0.3 is 10.4 Å². The number of nitrogens with zero attached hydrogens (tertiary/aromatic N) is 3. The van der Waals surface area contributed by atoms with Crippen molar-refractivity contribution in [2.24, 2.45) is 23.7 Å². The van der Waals surface area contributed by atoms with Crippen molar-refractivity contribution in [1.29, 1.82) is 10.5 Å². The Kier molecular flexibility index (Phi) is 5.86. The molecule has 6 rings (SSSR count). The Morgan fingerprint density at radius 3 is 2.65 bits per heavy atom. The predicted molar refractivity (Wildman–Crippen MR) is 129 cm³/mol. The molecule has 0 radical (unpaired) electrons. The van der Waals surface area contributed by atoms with Crippen LogP contribution in [0.15, 0.2) is 42.5 Å². The van der Waals surface area contributed by atoms with Crippen molar-refractivity contribution in [2.75, 3.05) is 25.0 Å². The maximum Gasteiger partial charge on any atom is 0.257 e. The van der Waals surface area contributed by atoms with Crippen molar-refractivity contribution in [2.45, 2.75) is 31.3 Å². The molecule has 174 valence electrons. The van der Waals surface area contributed by atoms with Gasteiger partial charge in [-0.15, -0.1) is 0 Å². The van der Waals surface area contributed by atoms with E-state index in [-0.39, 0.29) is 11.6 Å². The summed E-state index contributed by atoms with van der Waals surface area (Å²) in [6.07, 6.45) is 2.29. The van der Waals surface area contributed by atoms with E-state index in [2.05, 4.69) is 28.4 Å². The molecule has 2 aliphatic heterocycles. The van der Waals surface area contributed by atoms with Crippen LogP contribution in [0.5, 0.6) is 0 Å². The monoisotopic (exact) mass is 474 g/mol. The van der Waals surface area contributed by atoms with E-state index in [1.807, 2.05) is 18.2 Å². The van der Waals surface area contributed by atoms with Crippen molar-refractivity contribution < 1.29 is 9.90 Å². The van der Waals surface area contributed by atoms with Crippen LogP contribution in [0.4, 0.5) is 5.69 Å². The molecule has 5 unspecified atom stereocenters. The molecule has 2 aromatic rings. The van der Waals surface area contributed by atoms with E-state index < -0.39 is 11.5 Å². The molecule has 2 saturated heterocycles. The molecule has 34 heavy (non-hydrogen) atoms. The first kappa shape index (κ1) is 22.9. The van der Waals surface area contributed by atoms with E-state index in [0.717, 1.165) is 19.5 Å². The minimum absolute atomic E-state index is 0.263. The number of anilines is 1. The lowest BCUT2D eigenvalue weighted by Gasteiger charge is -2.36. The van der Waals surface area contributed by atoms with Crippen LogP contribution in [0.1, 0.15) is 42.4 Å². The maximum absolute atomic E-state index is 12.9. The average Bonchev–Trinajstić information content (AvgIpc) is 3.27. The molecular formula is C27H27ClN4O2. The molecule has 1 amide bonds. The third-order valence-electron chi connectivity index (χ3n) is 7.97. The molecule has 0 aromatic heterocycles. The lowest BCUT2D eigenvalue weighted by atomic mass is 9.80. The number of halogens is 1. The smallest absolute Gasteiger partial charge is 0.257 e. The highest BCUT2D eigenvalue weighted by molar-refractivity contribution is 6.32. The van der Waals surface area contributed by atoms with Gasteiger partial charge in [-0.1, -0.05) is 23.7 Å². The second-order valence-corrected chi connectivity index (χ2v) is 10.6. The molecule has 2 aromatic carbocycles. The van der Waals surface area contributed by atoms with Crippen LogP contribution < -0.4 is 5.32 Å². The van der Waals surface area contributed by atoms with Crippen LogP contribution in [0.3, 0.4) is 0 Å². The van der Waals surface area contributed by atoms with Crippen LogP contribution in [-0.2, 0) is 4.79 Å². The average molecular weight is 475 g/mol. The Morgan fingerprint density at radius 1 is 1.21 bits per heavy atom. The standard InChI is InChI=1S/C27H27ClN4O2/c1-27(34,26(33)31-20-7-6-19(13-30)23(28)11-20)15-32-9-8-18-10-21-22(14-32)25(21)24(18)17-4-2-16(12-29)3-5-17/h2-7,11,18,21-22,24-25,34H,8-10,14-15H2,1H3,(H,31,33)/t18?,21?,22?,24?,25-,27?/m1/s1. The van der Waals surface area contributed by atoms with Crippen LogP contribution in [-0.4, -0.2) is 41.1 Å². The van der Waals surface area contributed by atoms with E-state index in [4.69, 9.17) is 22.1 Å². The number of rotatable bonds is 5. The van der Waals surface area contributed by atoms with Crippen LogP contribution >= 0.6 is 11.6 Å². The van der Waals surface area contributed by atoms with Crippen molar-refractivity contribution >= 4 is 23.2 Å². The van der Waals surface area contributed by atoms with Gasteiger partial charge in [-0.05, 0) is 91.8 Å². The van der Waals surface area contributed by atoms with E-state index in [1.165, 1.54) is 18.1 Å². The Balaban J connectivity index is 1.23. The van der Waals surface area contributed by atoms with Crippen LogP contribution in [0.2, 0.25) is 5.02 Å². The first-order chi connectivity index (χ1) is 16.3. The zero-order valence-electron chi connectivity index (χ0n) is 19.0. The normalized spacial score (nSPS) is 29.1. The zero-order valence-corrected chi connectivity index (χ0v) is 19.8. The van der Waals surface area contributed by atoms with Crippen LogP contribution in [0, 0.1) is 46.3 Å². The van der Waals surface area contributed by atoms with E-state index >= 15 is 0 Å². The summed E-state index contributed by atoms with van der Waals surface area (Å²) in [5.74, 6) is 2.63. The van der Waals surface area contributed by atoms with Gasteiger partial charge in [0.1, 0.15) is 6.07 Å². The Hall–Kier alpha value is -2.90. The van der Waals surface area contributed by atoms with Gasteiger partial charge in [-0.3, -0.25) is 9.69 Å². The third-order valence-corrected chi connectivity index (χ3v) is 8.29. The molecule has 7 heteroatoms. The number of benzene rings is 2. The first-order valence-corrected chi connectivity index (χ1v) is 12.1. The summed E-state index contributed by atoms with van der Waals surface area (Å²) >= 11 is 6.07. The van der Waals surface area contributed by atoms with Crippen molar-refractivity contribution in [3.05, 3.63) is 64.2 Å². The molecular weight excluding hydrogens is 448 g/mol. The van der Waals surface area contributed by atoms with E-state index in [1.54, 1.807) is 19.1 Å². The molecule has 4 aliphatic rings. The van der Waals surface area contributed by atoms with Gasteiger partial charge in [-0.25, -0.2) is 0 Å². The molecule has 2 aliphatic carbocycles. The first-order valence-electron chi connectivity index (χ1n) is 11.8. The summed E-state index contributed by atoms with van der Waals surface area (Å²) in [5.41, 5.74) is 1.28. The highest BCUT2D eigenvalue weighted by Gasteiger charge is 2.62. The number of amides is 1. The molecule has 6 nitrogen and oxygen atoms in total. The van der Waals surface area contributed by atoms with Gasteiger partial charge in [-0.2, -0.15) is 10.5 Å². The van der Waals surface area contributed by atoms with E-state index in [9.17, 15) is 9.90 Å². The molecule has 6 atom stereocenters. The molecule has 4 fully saturated rings. The van der Waals surface area contributed by atoms with Crippen LogP contribution in [0.25, 0.3) is 0 Å². The summed E-state index contributed by atoms with van der Waals surface area (Å²) in [6, 6.07) is 17.0. The minimum Gasteiger partial charge on any atom is -0.379 e. The van der Waals surface area contributed by atoms with Crippen molar-refractivity contribution in [3.63, 3.8) is 0 Å². The van der Waals surface area contributed by atoms with E-state index in [0.29, 0.717) is 46.4 Å². The lowest BCUT2D eigenvalue weighted by Crippen LogP contribution is -2.51. The summed E-state index contributed by atoms with van der Waals surface area (Å²) < 4.78 is 0. The number of nitriles is 2. The topological polar surface area (TPSA) is 100 Å². The number of carbonyl (C=O) groups is 1. The highest BCUT2D eigenvalue weighted by Crippen LogP contribution is 2.67. The molecule has 4 bridgehead atoms. The maximum atomic E-state index is 12.9. The van der Waals surface area contributed by atoms with Gasteiger partial charge in [0.15, 0.2) is 5.60 Å². The number of nitrogens with one attached hydrogen (secondary N) is 1. The number of fused-ring (bicyclic) bond motifs is 3. The fraction of sp³-hybridized carbons (Fsp3) is 0.444. The SMILES string of the molecule is CC(O)(CN1CCC2CC3C(C1)[C@@H]3C2c1ccc(C#N)cc1)C(=O)Nc1ccc(C#N)c(Cl)c1. The number of hydrogen-bond acceptors (Lipinski definition) is 5.